The monoisotopic (exact) mass is 318 g/mol. The van der Waals surface area contributed by atoms with Gasteiger partial charge >= 0.3 is 0 Å². The number of benzene rings is 1. The first-order chi connectivity index (χ1) is 9.66. The van der Waals surface area contributed by atoms with E-state index in [1.165, 1.54) is 13.0 Å². The summed E-state index contributed by atoms with van der Waals surface area (Å²) in [7, 11) is -3.97. The molecule has 1 aliphatic heterocycles. The van der Waals surface area contributed by atoms with E-state index >= 15 is 0 Å². The van der Waals surface area contributed by atoms with Gasteiger partial charge in [-0.2, -0.15) is 0 Å². The fourth-order valence-corrected chi connectivity index (χ4v) is 3.64. The van der Waals surface area contributed by atoms with E-state index in [2.05, 4.69) is 4.72 Å². The van der Waals surface area contributed by atoms with Crippen LogP contribution in [0.25, 0.3) is 0 Å². The van der Waals surface area contributed by atoms with Crippen molar-refractivity contribution in [3.8, 4) is 0 Å². The molecule has 1 aromatic carbocycles. The van der Waals surface area contributed by atoms with E-state index in [1.54, 1.807) is 6.92 Å². The maximum absolute atomic E-state index is 13.6. The van der Waals surface area contributed by atoms with Gasteiger partial charge in [0.1, 0.15) is 11.4 Å². The van der Waals surface area contributed by atoms with E-state index in [-0.39, 0.29) is 22.7 Å². The minimum absolute atomic E-state index is 0.0144. The van der Waals surface area contributed by atoms with Crippen LogP contribution in [0, 0.1) is 12.7 Å². The smallest absolute Gasteiger partial charge is 0.241 e. The lowest BCUT2D eigenvalue weighted by molar-refractivity contribution is -0.0228. The lowest BCUT2D eigenvalue weighted by Crippen LogP contribution is -2.47. The molecule has 1 heterocycles. The maximum atomic E-state index is 13.6. The number of hydrogen-bond donors (Lipinski definition) is 3. The Kier molecular flexibility index (Phi) is 4.25. The van der Waals surface area contributed by atoms with E-state index in [4.69, 9.17) is 10.5 Å². The summed E-state index contributed by atoms with van der Waals surface area (Å²) in [5.74, 6) is -0.688. The van der Waals surface area contributed by atoms with Crippen molar-refractivity contribution in [2.24, 2.45) is 0 Å². The number of anilines is 1. The quantitative estimate of drug-likeness (QED) is 0.703. The number of sulfonamides is 1. The van der Waals surface area contributed by atoms with Crippen molar-refractivity contribution in [2.75, 3.05) is 18.9 Å². The first kappa shape index (κ1) is 16.2. The highest BCUT2D eigenvalue weighted by Crippen LogP contribution is 2.26. The molecule has 0 spiro atoms. The Hall–Kier alpha value is -1.22. The van der Waals surface area contributed by atoms with E-state index in [0.29, 0.717) is 13.0 Å². The molecule has 2 atom stereocenters. The molecule has 21 heavy (non-hydrogen) atoms. The van der Waals surface area contributed by atoms with Crippen LogP contribution in [0.1, 0.15) is 18.9 Å². The van der Waals surface area contributed by atoms with Crippen molar-refractivity contribution in [1.82, 2.24) is 4.72 Å². The van der Waals surface area contributed by atoms with Crippen LogP contribution < -0.4 is 10.5 Å². The predicted molar refractivity (Wildman–Crippen MR) is 75.7 cm³/mol. The average Bonchev–Trinajstić information content (AvgIpc) is 2.72. The molecule has 4 N–H and O–H groups in total. The van der Waals surface area contributed by atoms with Crippen LogP contribution in [0.3, 0.4) is 0 Å². The van der Waals surface area contributed by atoms with E-state index < -0.39 is 27.5 Å². The topological polar surface area (TPSA) is 102 Å². The number of aliphatic hydroxyl groups is 1. The number of hydrogen-bond acceptors (Lipinski definition) is 5. The number of nitrogens with one attached hydrogen (secondary N) is 1. The fourth-order valence-electron chi connectivity index (χ4n) is 2.25. The van der Waals surface area contributed by atoms with Crippen LogP contribution in [0.2, 0.25) is 0 Å². The number of nitrogen functional groups attached to an aromatic ring is 1. The van der Waals surface area contributed by atoms with Gasteiger partial charge in [0.2, 0.25) is 10.0 Å². The highest BCUT2D eigenvalue weighted by Gasteiger charge is 2.40. The summed E-state index contributed by atoms with van der Waals surface area (Å²) in [4.78, 5) is -0.227. The van der Waals surface area contributed by atoms with Gasteiger partial charge in [0.25, 0.3) is 0 Å². The molecule has 8 heteroatoms. The molecule has 0 saturated carbocycles. The van der Waals surface area contributed by atoms with Crippen LogP contribution in [0.4, 0.5) is 10.1 Å². The van der Waals surface area contributed by atoms with Crippen molar-refractivity contribution in [2.45, 2.75) is 36.9 Å². The maximum Gasteiger partial charge on any atom is 0.241 e. The van der Waals surface area contributed by atoms with Gasteiger partial charge in [0.15, 0.2) is 0 Å². The Bertz CT molecular complexity index is 650. The second-order valence-electron chi connectivity index (χ2n) is 5.32. The second-order valence-corrected chi connectivity index (χ2v) is 7.05. The van der Waals surface area contributed by atoms with Gasteiger partial charge in [0, 0.05) is 30.8 Å². The molecule has 0 aliphatic carbocycles. The number of nitrogens with two attached hydrogens (primary N) is 1. The molecule has 6 nitrogen and oxygen atoms in total. The molecule has 0 radical (unpaired) electrons. The van der Waals surface area contributed by atoms with Gasteiger partial charge in [-0.05, 0) is 26.0 Å². The number of halogens is 1. The minimum Gasteiger partial charge on any atom is -0.399 e. The van der Waals surface area contributed by atoms with Crippen molar-refractivity contribution < 1.29 is 22.7 Å². The molecule has 118 valence electrons. The van der Waals surface area contributed by atoms with Gasteiger partial charge in [-0.1, -0.05) is 0 Å². The third-order valence-corrected chi connectivity index (χ3v) is 5.36. The molecule has 1 saturated heterocycles. The third kappa shape index (κ3) is 3.18. The molecule has 1 fully saturated rings. The Balaban J connectivity index is 2.24. The van der Waals surface area contributed by atoms with Crippen LogP contribution in [0.5, 0.6) is 0 Å². The molecular formula is C13H19FN2O4S. The lowest BCUT2D eigenvalue weighted by Gasteiger charge is -2.26. The van der Waals surface area contributed by atoms with E-state index in [9.17, 15) is 17.9 Å². The Morgan fingerprint density at radius 3 is 2.81 bits per heavy atom. The van der Waals surface area contributed by atoms with Crippen molar-refractivity contribution in [1.29, 1.82) is 0 Å². The molecule has 0 amide bonds. The van der Waals surface area contributed by atoms with Gasteiger partial charge in [-0.15, -0.1) is 0 Å². The van der Waals surface area contributed by atoms with Gasteiger partial charge in [0.05, 0.1) is 11.0 Å². The molecule has 1 aromatic rings. The van der Waals surface area contributed by atoms with Crippen LogP contribution >= 0.6 is 0 Å². The predicted octanol–water partition coefficient (Wildman–Crippen LogP) is 0.535. The van der Waals surface area contributed by atoms with Gasteiger partial charge < -0.3 is 15.6 Å². The number of rotatable bonds is 4. The van der Waals surface area contributed by atoms with Crippen LogP contribution in [-0.2, 0) is 14.8 Å². The largest absolute Gasteiger partial charge is 0.399 e. The summed E-state index contributed by atoms with van der Waals surface area (Å²) in [6.07, 6.45) is -0.139. The Morgan fingerprint density at radius 2 is 2.24 bits per heavy atom. The zero-order valence-electron chi connectivity index (χ0n) is 11.9. The first-order valence-electron chi connectivity index (χ1n) is 6.55. The molecular weight excluding hydrogens is 299 g/mol. The van der Waals surface area contributed by atoms with Crippen LogP contribution in [0.15, 0.2) is 17.0 Å². The minimum atomic E-state index is -3.97. The molecule has 2 rings (SSSR count). The molecule has 2 unspecified atom stereocenters. The summed E-state index contributed by atoms with van der Waals surface area (Å²) < 4.78 is 45.7. The summed E-state index contributed by atoms with van der Waals surface area (Å²) in [6.45, 7) is 3.20. The van der Waals surface area contributed by atoms with Crippen molar-refractivity contribution in [3.63, 3.8) is 0 Å². The molecule has 0 bridgehead atoms. The zero-order valence-corrected chi connectivity index (χ0v) is 12.7. The van der Waals surface area contributed by atoms with Crippen molar-refractivity contribution in [3.05, 3.63) is 23.5 Å². The highest BCUT2D eigenvalue weighted by molar-refractivity contribution is 7.89. The molecule has 0 aromatic heterocycles. The Morgan fingerprint density at radius 1 is 1.57 bits per heavy atom. The summed E-state index contributed by atoms with van der Waals surface area (Å²) >= 11 is 0. The van der Waals surface area contributed by atoms with Gasteiger partial charge in [-0.25, -0.2) is 17.5 Å². The van der Waals surface area contributed by atoms with E-state index in [0.717, 1.165) is 6.07 Å². The van der Waals surface area contributed by atoms with E-state index in [1.807, 2.05) is 0 Å². The summed E-state index contributed by atoms with van der Waals surface area (Å²) in [6, 6.07) is 2.26. The van der Waals surface area contributed by atoms with Gasteiger partial charge in [-0.3, -0.25) is 0 Å². The summed E-state index contributed by atoms with van der Waals surface area (Å²) in [5, 5.41) is 10.3. The standard InChI is InChI=1S/C13H19FN2O4S/c1-8-11(14)5-10(15)6-12(8)21(18,19)16-7-13(17)3-4-20-9(13)2/h5-6,9,16-17H,3-4,7,15H2,1-2H3. The highest BCUT2D eigenvalue weighted by atomic mass is 32.2. The van der Waals surface area contributed by atoms with Crippen LogP contribution in [-0.4, -0.2) is 38.4 Å². The Labute approximate surface area is 123 Å². The number of ether oxygens (including phenoxy) is 1. The normalized spacial score (nSPS) is 26.2. The average molecular weight is 318 g/mol. The second kappa shape index (κ2) is 5.53. The fraction of sp³-hybridized carbons (Fsp3) is 0.538. The third-order valence-electron chi connectivity index (χ3n) is 3.84. The SMILES string of the molecule is Cc1c(F)cc(N)cc1S(=O)(=O)NCC1(O)CCOC1C. The first-order valence-corrected chi connectivity index (χ1v) is 8.03. The molecule has 1 aliphatic rings. The summed E-state index contributed by atoms with van der Waals surface area (Å²) in [5.41, 5.74) is 4.23. The zero-order chi connectivity index (χ0) is 15.8. The lowest BCUT2D eigenvalue weighted by atomic mass is 9.97. The van der Waals surface area contributed by atoms with Crippen molar-refractivity contribution >= 4 is 15.7 Å².